The van der Waals surface area contributed by atoms with Gasteiger partial charge in [-0.3, -0.25) is 14.4 Å². The Labute approximate surface area is 209 Å². The first kappa shape index (κ1) is 27.4. The average Bonchev–Trinajstić information content (AvgIpc) is 2.84. The van der Waals surface area contributed by atoms with Gasteiger partial charge < -0.3 is 19.1 Å². The lowest BCUT2D eigenvalue weighted by Crippen LogP contribution is -2.48. The molecule has 1 saturated heterocycles. The Bertz CT molecular complexity index is 1190. The quantitative estimate of drug-likeness (QED) is 0.526. The van der Waals surface area contributed by atoms with Gasteiger partial charge in [0.2, 0.25) is 10.0 Å². The molecule has 1 aliphatic heterocycles. The van der Waals surface area contributed by atoms with Crippen LogP contribution in [0.5, 0.6) is 17.2 Å². The fourth-order valence-electron chi connectivity index (χ4n) is 3.70. The molecule has 0 bridgehead atoms. The topological polar surface area (TPSA) is 97.4 Å². The second-order valence-corrected chi connectivity index (χ2v) is 10.0. The van der Waals surface area contributed by atoms with Gasteiger partial charge in [0, 0.05) is 51.3 Å². The zero-order valence-electron chi connectivity index (χ0n) is 20.1. The molecular formula is C23H30F3N3O6S. The van der Waals surface area contributed by atoms with E-state index in [1.54, 1.807) is 20.3 Å². The van der Waals surface area contributed by atoms with Gasteiger partial charge in [0.1, 0.15) is 11.5 Å². The molecule has 36 heavy (non-hydrogen) atoms. The number of carbonyl (C=O) groups is 1. The number of amides is 1. The number of alkyl halides is 3. The molecule has 1 heterocycles. The van der Waals surface area contributed by atoms with Crippen molar-refractivity contribution in [2.24, 2.45) is 0 Å². The minimum absolute atomic E-state index is 0. The van der Waals surface area contributed by atoms with Gasteiger partial charge in [0.05, 0.1) is 25.7 Å². The third-order valence-electron chi connectivity index (χ3n) is 5.65. The summed E-state index contributed by atoms with van der Waals surface area (Å²) >= 11 is 0. The molecular weight excluding hydrogens is 503 g/mol. The van der Waals surface area contributed by atoms with Crippen molar-refractivity contribution in [2.45, 2.75) is 19.8 Å². The van der Waals surface area contributed by atoms with Crippen molar-refractivity contribution in [3.63, 3.8) is 0 Å². The number of piperazine rings is 1. The predicted octanol–water partition coefficient (Wildman–Crippen LogP) is 3.57. The molecule has 2 aromatic carbocycles. The summed E-state index contributed by atoms with van der Waals surface area (Å²) < 4.78 is 79.2. The number of nitrogens with one attached hydrogen (secondary N) is 1. The molecule has 0 aromatic heterocycles. The predicted molar refractivity (Wildman–Crippen MR) is 129 cm³/mol. The molecule has 0 aliphatic carbocycles. The first-order chi connectivity index (χ1) is 16.9. The monoisotopic (exact) mass is 533 g/mol. The van der Waals surface area contributed by atoms with Crippen molar-refractivity contribution < 1.29 is 42.0 Å². The number of sulfonamides is 1. The molecule has 1 fully saturated rings. The molecule has 1 aliphatic rings. The van der Waals surface area contributed by atoms with Crippen LogP contribution < -0.4 is 18.9 Å². The number of benzene rings is 2. The van der Waals surface area contributed by atoms with E-state index in [0.29, 0.717) is 44.2 Å². The fraction of sp³-hybridized carbons (Fsp3) is 0.435. The number of nitrogens with zero attached hydrogens (tertiary/aromatic N) is 2. The fourth-order valence-corrected chi connectivity index (χ4v) is 4.35. The Morgan fingerprint density at radius 2 is 1.72 bits per heavy atom. The summed E-state index contributed by atoms with van der Waals surface area (Å²) in [7, 11) is -0.716. The average molecular weight is 534 g/mol. The first-order valence-corrected chi connectivity index (χ1v) is 12.7. The van der Waals surface area contributed by atoms with Gasteiger partial charge in [-0.05, 0) is 31.2 Å². The zero-order valence-corrected chi connectivity index (χ0v) is 20.9. The van der Waals surface area contributed by atoms with Gasteiger partial charge in [-0.2, -0.15) is 0 Å². The number of hydrogen-bond acceptors (Lipinski definition) is 7. The van der Waals surface area contributed by atoms with Crippen LogP contribution in [0.2, 0.25) is 0 Å². The molecule has 0 radical (unpaired) electrons. The standard InChI is InChI=1S/C23H28F3N3O6S.H2/c1-4-36(31,32)27-19-8-6-16(13-21(19)35-23(24,25)26)22(30)29-11-9-28(10-12-29)15-17-5-7-18(33-2)14-20(17)34-3;/h5-8,13-14,27H,4,9-12,15H2,1-3H3;1H. The maximum Gasteiger partial charge on any atom is 0.573 e. The summed E-state index contributed by atoms with van der Waals surface area (Å²) in [6.07, 6.45) is -5.07. The number of carbonyl (C=O) groups excluding carboxylic acids is 1. The van der Waals surface area contributed by atoms with E-state index in [1.807, 2.05) is 16.9 Å². The summed E-state index contributed by atoms with van der Waals surface area (Å²) in [5.41, 5.74) is 0.514. The van der Waals surface area contributed by atoms with E-state index in [-0.39, 0.29) is 12.7 Å². The van der Waals surface area contributed by atoms with Crippen molar-refractivity contribution >= 4 is 21.6 Å². The molecule has 0 atom stereocenters. The second kappa shape index (κ2) is 11.2. The zero-order chi connectivity index (χ0) is 26.5. The van der Waals surface area contributed by atoms with E-state index in [9.17, 15) is 26.4 Å². The van der Waals surface area contributed by atoms with Crippen LogP contribution >= 0.6 is 0 Å². The van der Waals surface area contributed by atoms with E-state index >= 15 is 0 Å². The summed E-state index contributed by atoms with van der Waals surface area (Å²) in [4.78, 5) is 16.7. The third kappa shape index (κ3) is 7.17. The second-order valence-electron chi connectivity index (χ2n) is 8.01. The van der Waals surface area contributed by atoms with E-state index in [2.05, 4.69) is 9.64 Å². The van der Waals surface area contributed by atoms with Gasteiger partial charge in [-0.15, -0.1) is 13.2 Å². The summed E-state index contributed by atoms with van der Waals surface area (Å²) in [6, 6.07) is 8.80. The molecule has 2 aromatic rings. The van der Waals surface area contributed by atoms with Crippen LogP contribution in [0.1, 0.15) is 24.3 Å². The van der Waals surface area contributed by atoms with Crippen molar-refractivity contribution in [2.75, 3.05) is 50.9 Å². The lowest BCUT2D eigenvalue weighted by atomic mass is 10.1. The normalized spacial score (nSPS) is 14.9. The molecule has 200 valence electrons. The number of rotatable bonds is 9. The largest absolute Gasteiger partial charge is 0.573 e. The van der Waals surface area contributed by atoms with E-state index < -0.39 is 33.7 Å². The van der Waals surface area contributed by atoms with E-state index in [1.165, 1.54) is 17.9 Å². The molecule has 3 rings (SSSR count). The van der Waals surface area contributed by atoms with Crippen LogP contribution in [0.25, 0.3) is 0 Å². The summed E-state index contributed by atoms with van der Waals surface area (Å²) in [5.74, 6) is -0.257. The number of halogens is 3. The van der Waals surface area contributed by atoms with Gasteiger partial charge >= 0.3 is 6.36 Å². The maximum atomic E-state index is 13.0. The first-order valence-electron chi connectivity index (χ1n) is 11.1. The number of anilines is 1. The molecule has 0 saturated carbocycles. The summed E-state index contributed by atoms with van der Waals surface area (Å²) in [6.45, 7) is 3.73. The van der Waals surface area contributed by atoms with Gasteiger partial charge in [-0.25, -0.2) is 8.42 Å². The molecule has 0 unspecified atom stereocenters. The van der Waals surface area contributed by atoms with Gasteiger partial charge in [-0.1, -0.05) is 6.07 Å². The summed E-state index contributed by atoms with van der Waals surface area (Å²) in [5, 5.41) is 0. The van der Waals surface area contributed by atoms with Gasteiger partial charge in [0.15, 0.2) is 5.75 Å². The Kier molecular flexibility index (Phi) is 8.56. The van der Waals surface area contributed by atoms with Gasteiger partial charge in [0.25, 0.3) is 5.91 Å². The maximum absolute atomic E-state index is 13.0. The Morgan fingerprint density at radius 3 is 2.31 bits per heavy atom. The molecule has 9 nitrogen and oxygen atoms in total. The minimum atomic E-state index is -5.07. The molecule has 13 heteroatoms. The Hall–Kier alpha value is -3.19. The van der Waals surface area contributed by atoms with Crippen molar-refractivity contribution in [1.29, 1.82) is 0 Å². The third-order valence-corrected chi connectivity index (χ3v) is 6.94. The highest BCUT2D eigenvalue weighted by Crippen LogP contribution is 2.33. The van der Waals surface area contributed by atoms with E-state index in [4.69, 9.17) is 9.47 Å². The highest BCUT2D eigenvalue weighted by atomic mass is 32.2. The lowest BCUT2D eigenvalue weighted by Gasteiger charge is -2.35. The number of methoxy groups -OCH3 is 2. The van der Waals surface area contributed by atoms with Crippen molar-refractivity contribution in [1.82, 2.24) is 9.80 Å². The van der Waals surface area contributed by atoms with Crippen LogP contribution in [-0.2, 0) is 16.6 Å². The minimum Gasteiger partial charge on any atom is -0.497 e. The highest BCUT2D eigenvalue weighted by molar-refractivity contribution is 7.92. The molecule has 0 spiro atoms. The number of ether oxygens (including phenoxy) is 3. The molecule has 1 N–H and O–H groups in total. The van der Waals surface area contributed by atoms with Crippen LogP contribution in [0.4, 0.5) is 18.9 Å². The molecule has 1 amide bonds. The van der Waals surface area contributed by atoms with Crippen molar-refractivity contribution in [3.05, 3.63) is 47.5 Å². The van der Waals surface area contributed by atoms with Crippen LogP contribution in [-0.4, -0.2) is 76.6 Å². The Morgan fingerprint density at radius 1 is 1.03 bits per heavy atom. The SMILES string of the molecule is CCS(=O)(=O)Nc1ccc(C(=O)N2CCN(Cc3ccc(OC)cc3OC)CC2)cc1OC(F)(F)F.[HH]. The Balaban J connectivity index is 0.00000481. The number of hydrogen-bond donors (Lipinski definition) is 1. The van der Waals surface area contributed by atoms with Crippen molar-refractivity contribution in [3.8, 4) is 17.2 Å². The highest BCUT2D eigenvalue weighted by Gasteiger charge is 2.33. The van der Waals surface area contributed by atoms with Crippen LogP contribution in [0, 0.1) is 0 Å². The van der Waals surface area contributed by atoms with Crippen LogP contribution in [0.15, 0.2) is 36.4 Å². The lowest BCUT2D eigenvalue weighted by molar-refractivity contribution is -0.274. The smallest absolute Gasteiger partial charge is 0.497 e. The van der Waals surface area contributed by atoms with Crippen LogP contribution in [0.3, 0.4) is 0 Å². The van der Waals surface area contributed by atoms with E-state index in [0.717, 1.165) is 17.7 Å².